The number of furan rings is 1. The molecule has 0 saturated carbocycles. The second-order valence-corrected chi connectivity index (χ2v) is 11.5. The van der Waals surface area contributed by atoms with Crippen LogP contribution < -0.4 is 0 Å². The normalized spacial score (nSPS) is 11.4. The average molecular weight is 603 g/mol. The van der Waals surface area contributed by atoms with E-state index in [0.29, 0.717) is 23.2 Å². The predicted octanol–water partition coefficient (Wildman–Crippen LogP) is 10.7. The summed E-state index contributed by atoms with van der Waals surface area (Å²) in [4.78, 5) is 19.7. The number of fused-ring (bicyclic) bond motifs is 4. The first-order valence-electron chi connectivity index (χ1n) is 15.6. The lowest BCUT2D eigenvalue weighted by molar-refractivity contribution is 0.655. The smallest absolute Gasteiger partial charge is 0.228 e. The first kappa shape index (κ1) is 26.9. The first-order chi connectivity index (χ1) is 23.3. The molecule has 0 aliphatic carbocycles. The Kier molecular flexibility index (Phi) is 6.39. The summed E-state index contributed by atoms with van der Waals surface area (Å²) in [5.74, 6) is 1.90. The van der Waals surface area contributed by atoms with Crippen LogP contribution in [-0.4, -0.2) is 19.9 Å². The summed E-state index contributed by atoms with van der Waals surface area (Å²) in [6.45, 7) is 0. The van der Waals surface area contributed by atoms with Gasteiger partial charge in [0, 0.05) is 27.6 Å². The van der Waals surface area contributed by atoms with E-state index < -0.39 is 0 Å². The summed E-state index contributed by atoms with van der Waals surface area (Å²) in [5.41, 5.74) is 8.23. The minimum atomic E-state index is 0.619. The van der Waals surface area contributed by atoms with Crippen molar-refractivity contribution in [2.45, 2.75) is 0 Å². The summed E-state index contributed by atoms with van der Waals surface area (Å²) in [7, 11) is 0. The standard InChI is InChI=1S/C42H26N4O/c1-4-12-28(13-5-1)36-26-34(38-35-24-32-18-10-11-19-33(32)25-37(35)47-42(38)43-36)27-20-22-31(23-21-27)41-45-39(29-14-6-2-7-15-29)44-40(46-41)30-16-8-3-9-17-30/h1-26H. The van der Waals surface area contributed by atoms with Gasteiger partial charge < -0.3 is 4.42 Å². The topological polar surface area (TPSA) is 64.7 Å². The Morgan fingerprint density at radius 1 is 0.383 bits per heavy atom. The van der Waals surface area contributed by atoms with Crippen LogP contribution in [0, 0.1) is 0 Å². The molecule has 0 bridgehead atoms. The van der Waals surface area contributed by atoms with E-state index in [1.165, 1.54) is 0 Å². The maximum absolute atomic E-state index is 6.45. The van der Waals surface area contributed by atoms with E-state index in [-0.39, 0.29) is 0 Å². The average Bonchev–Trinajstić information content (AvgIpc) is 3.51. The fourth-order valence-electron chi connectivity index (χ4n) is 6.18. The molecule has 0 N–H and O–H groups in total. The Morgan fingerprint density at radius 2 is 0.851 bits per heavy atom. The van der Waals surface area contributed by atoms with Crippen LogP contribution >= 0.6 is 0 Å². The third-order valence-corrected chi connectivity index (χ3v) is 8.53. The molecule has 6 aromatic carbocycles. The molecule has 3 aromatic heterocycles. The van der Waals surface area contributed by atoms with E-state index in [9.17, 15) is 0 Å². The summed E-state index contributed by atoms with van der Waals surface area (Å²) < 4.78 is 6.45. The number of aromatic nitrogens is 4. The lowest BCUT2D eigenvalue weighted by Crippen LogP contribution is -2.00. The quantitative estimate of drug-likeness (QED) is 0.196. The molecular formula is C42H26N4O. The third-order valence-electron chi connectivity index (χ3n) is 8.53. The number of nitrogens with zero attached hydrogens (tertiary/aromatic N) is 4. The van der Waals surface area contributed by atoms with E-state index in [1.54, 1.807) is 0 Å². The Hall–Kier alpha value is -6.46. The molecule has 3 heterocycles. The number of benzene rings is 6. The predicted molar refractivity (Wildman–Crippen MR) is 190 cm³/mol. The summed E-state index contributed by atoms with van der Waals surface area (Å²) >= 11 is 0. The van der Waals surface area contributed by atoms with Crippen LogP contribution in [0.25, 0.3) is 89.4 Å². The van der Waals surface area contributed by atoms with Gasteiger partial charge in [-0.2, -0.15) is 0 Å². The number of hydrogen-bond donors (Lipinski definition) is 0. The molecule has 0 aliphatic heterocycles. The molecule has 220 valence electrons. The minimum Gasteiger partial charge on any atom is -0.438 e. The summed E-state index contributed by atoms with van der Waals surface area (Å²) in [6, 6.07) is 53.6. The molecule has 0 aliphatic rings. The Morgan fingerprint density at radius 3 is 1.43 bits per heavy atom. The van der Waals surface area contributed by atoms with Crippen molar-refractivity contribution < 1.29 is 4.42 Å². The van der Waals surface area contributed by atoms with Crippen molar-refractivity contribution >= 4 is 32.8 Å². The highest BCUT2D eigenvalue weighted by molar-refractivity contribution is 6.15. The maximum atomic E-state index is 6.45. The minimum absolute atomic E-state index is 0.619. The van der Waals surface area contributed by atoms with Gasteiger partial charge in [-0.05, 0) is 40.1 Å². The molecule has 5 nitrogen and oxygen atoms in total. The zero-order valence-electron chi connectivity index (χ0n) is 25.2. The lowest BCUT2D eigenvalue weighted by Gasteiger charge is -2.10. The molecule has 5 heteroatoms. The van der Waals surface area contributed by atoms with Crippen molar-refractivity contribution in [3.63, 3.8) is 0 Å². The van der Waals surface area contributed by atoms with Crippen LogP contribution in [0.3, 0.4) is 0 Å². The first-order valence-corrected chi connectivity index (χ1v) is 15.6. The van der Waals surface area contributed by atoms with Gasteiger partial charge in [-0.1, -0.05) is 140 Å². The molecule has 9 aromatic rings. The Labute approximate surface area is 270 Å². The molecule has 0 radical (unpaired) electrons. The largest absolute Gasteiger partial charge is 0.438 e. The Bertz CT molecular complexity index is 2490. The highest BCUT2D eigenvalue weighted by atomic mass is 16.3. The molecule has 9 rings (SSSR count). The van der Waals surface area contributed by atoms with Crippen LogP contribution in [0.1, 0.15) is 0 Å². The molecule has 0 atom stereocenters. The van der Waals surface area contributed by atoms with E-state index in [2.05, 4.69) is 72.8 Å². The molecule has 0 saturated heterocycles. The van der Waals surface area contributed by atoms with Crippen LogP contribution in [-0.2, 0) is 0 Å². The van der Waals surface area contributed by atoms with Gasteiger partial charge in [-0.3, -0.25) is 0 Å². The van der Waals surface area contributed by atoms with Gasteiger partial charge in [-0.15, -0.1) is 0 Å². The summed E-state index contributed by atoms with van der Waals surface area (Å²) in [6.07, 6.45) is 0. The van der Waals surface area contributed by atoms with Gasteiger partial charge >= 0.3 is 0 Å². The molecule has 0 spiro atoms. The Balaban J connectivity index is 1.21. The van der Waals surface area contributed by atoms with Gasteiger partial charge in [0.1, 0.15) is 5.58 Å². The lowest BCUT2D eigenvalue weighted by atomic mass is 9.97. The van der Waals surface area contributed by atoms with Gasteiger partial charge in [-0.25, -0.2) is 19.9 Å². The van der Waals surface area contributed by atoms with Crippen molar-refractivity contribution in [3.8, 4) is 56.5 Å². The van der Waals surface area contributed by atoms with E-state index in [1.807, 2.05) is 84.9 Å². The zero-order chi connectivity index (χ0) is 31.2. The van der Waals surface area contributed by atoms with Crippen molar-refractivity contribution in [2.75, 3.05) is 0 Å². The maximum Gasteiger partial charge on any atom is 0.228 e. The van der Waals surface area contributed by atoms with Gasteiger partial charge in [0.15, 0.2) is 17.5 Å². The number of pyridine rings is 1. The SMILES string of the molecule is c1ccc(-c2cc(-c3ccc(-c4nc(-c5ccccc5)nc(-c5ccccc5)n4)cc3)c3c(n2)oc2cc4ccccc4cc23)cc1. The summed E-state index contributed by atoms with van der Waals surface area (Å²) in [5, 5.41) is 4.34. The van der Waals surface area contributed by atoms with Crippen molar-refractivity contribution in [3.05, 3.63) is 158 Å². The van der Waals surface area contributed by atoms with Gasteiger partial charge in [0.25, 0.3) is 0 Å². The highest BCUT2D eigenvalue weighted by Crippen LogP contribution is 2.40. The van der Waals surface area contributed by atoms with Crippen molar-refractivity contribution in [1.29, 1.82) is 0 Å². The van der Waals surface area contributed by atoms with Gasteiger partial charge in [0.05, 0.1) is 11.1 Å². The fourth-order valence-corrected chi connectivity index (χ4v) is 6.18. The van der Waals surface area contributed by atoms with Gasteiger partial charge in [0.2, 0.25) is 5.71 Å². The zero-order valence-corrected chi connectivity index (χ0v) is 25.2. The van der Waals surface area contributed by atoms with E-state index in [0.717, 1.165) is 66.2 Å². The monoisotopic (exact) mass is 602 g/mol. The second-order valence-electron chi connectivity index (χ2n) is 11.5. The molecular weight excluding hydrogens is 576 g/mol. The molecule has 0 fully saturated rings. The van der Waals surface area contributed by atoms with Crippen LogP contribution in [0.4, 0.5) is 0 Å². The number of hydrogen-bond acceptors (Lipinski definition) is 5. The molecule has 0 amide bonds. The van der Waals surface area contributed by atoms with Crippen LogP contribution in [0.5, 0.6) is 0 Å². The van der Waals surface area contributed by atoms with E-state index in [4.69, 9.17) is 24.4 Å². The fraction of sp³-hybridized carbons (Fsp3) is 0. The van der Waals surface area contributed by atoms with Crippen LogP contribution in [0.15, 0.2) is 162 Å². The third kappa shape index (κ3) is 4.91. The number of rotatable bonds is 5. The molecule has 0 unspecified atom stereocenters. The van der Waals surface area contributed by atoms with Crippen molar-refractivity contribution in [1.82, 2.24) is 19.9 Å². The van der Waals surface area contributed by atoms with E-state index >= 15 is 0 Å². The van der Waals surface area contributed by atoms with Crippen LogP contribution in [0.2, 0.25) is 0 Å². The highest BCUT2D eigenvalue weighted by Gasteiger charge is 2.18. The van der Waals surface area contributed by atoms with Crippen molar-refractivity contribution in [2.24, 2.45) is 0 Å². The molecule has 47 heavy (non-hydrogen) atoms. The second kappa shape index (κ2) is 11.2.